The number of rotatable bonds is 6. The third-order valence-corrected chi connectivity index (χ3v) is 8.40. The fraction of sp³-hybridized carbons (Fsp3) is 0.441. The Morgan fingerprint density at radius 2 is 1.96 bits per heavy atom. The number of alkyl halides is 2. The molecule has 15 heteroatoms. The summed E-state index contributed by atoms with van der Waals surface area (Å²) in [5, 5.41) is 15.6. The Balaban J connectivity index is 1.41. The van der Waals surface area contributed by atoms with Crippen molar-refractivity contribution in [1.29, 1.82) is 5.26 Å². The molecule has 3 aromatic heterocycles. The summed E-state index contributed by atoms with van der Waals surface area (Å²) in [6.45, 7) is 8.06. The van der Waals surface area contributed by atoms with E-state index in [4.69, 9.17) is 26.1 Å². The molecule has 0 N–H and O–H groups in total. The molecule has 49 heavy (non-hydrogen) atoms. The monoisotopic (exact) mass is 692 g/mol. The molecule has 5 heterocycles. The lowest BCUT2D eigenvalue weighted by Gasteiger charge is -2.38. The van der Waals surface area contributed by atoms with E-state index in [0.717, 1.165) is 4.90 Å². The van der Waals surface area contributed by atoms with E-state index in [0.29, 0.717) is 56.5 Å². The minimum atomic E-state index is -3.36. The highest BCUT2D eigenvalue weighted by atomic mass is 35.5. The van der Waals surface area contributed by atoms with Gasteiger partial charge in [0, 0.05) is 29.9 Å². The fourth-order valence-corrected chi connectivity index (χ4v) is 6.19. The van der Waals surface area contributed by atoms with Crippen molar-refractivity contribution in [2.75, 3.05) is 24.6 Å². The molecule has 0 saturated carbocycles. The van der Waals surface area contributed by atoms with Gasteiger partial charge in [-0.1, -0.05) is 31.5 Å². The van der Waals surface area contributed by atoms with Gasteiger partial charge < -0.3 is 14.4 Å². The first-order valence-electron chi connectivity index (χ1n) is 15.8. The quantitative estimate of drug-likeness (QED) is 0.226. The first-order valence-corrected chi connectivity index (χ1v) is 16.2. The zero-order valence-electron chi connectivity index (χ0n) is 27.7. The Kier molecular flexibility index (Phi) is 8.91. The number of amides is 2. The van der Waals surface area contributed by atoms with Gasteiger partial charge in [-0.05, 0) is 57.2 Å². The van der Waals surface area contributed by atoms with E-state index < -0.39 is 30.2 Å². The molecule has 6 rings (SSSR count). The van der Waals surface area contributed by atoms with Crippen LogP contribution in [0.25, 0.3) is 22.2 Å². The Labute approximate surface area is 286 Å². The molecule has 0 bridgehead atoms. The predicted molar refractivity (Wildman–Crippen MR) is 176 cm³/mol. The van der Waals surface area contributed by atoms with E-state index in [1.54, 1.807) is 39.0 Å². The number of pyridine rings is 1. The summed E-state index contributed by atoms with van der Waals surface area (Å²) in [5.41, 5.74) is 1.65. The number of ether oxygens (including phenoxy) is 2. The summed E-state index contributed by atoms with van der Waals surface area (Å²) in [5.74, 6) is -2.77. The minimum Gasteiger partial charge on any atom is -0.482 e. The number of carbonyl (C=O) groups is 2. The van der Waals surface area contributed by atoms with E-state index >= 15 is 8.78 Å². The van der Waals surface area contributed by atoms with E-state index in [-0.39, 0.29) is 43.6 Å². The molecular weight excluding hydrogens is 658 g/mol. The lowest BCUT2D eigenvalue weighted by molar-refractivity contribution is -0.121. The van der Waals surface area contributed by atoms with Crippen LogP contribution in [-0.4, -0.2) is 72.9 Å². The van der Waals surface area contributed by atoms with Crippen LogP contribution in [-0.2, 0) is 22.5 Å². The lowest BCUT2D eigenvalue weighted by Crippen LogP contribution is -2.52. The highest BCUT2D eigenvalue weighted by Crippen LogP contribution is 2.43. The smallest absolute Gasteiger partial charge is 0.410 e. The maximum Gasteiger partial charge on any atom is 0.410 e. The average Bonchev–Trinajstić information content (AvgIpc) is 3.43. The van der Waals surface area contributed by atoms with Gasteiger partial charge in [-0.3, -0.25) is 9.69 Å². The number of piperidine rings is 1. The molecule has 0 aliphatic carbocycles. The summed E-state index contributed by atoms with van der Waals surface area (Å²) >= 11 is 5.93. The van der Waals surface area contributed by atoms with Gasteiger partial charge in [0.25, 0.3) is 11.8 Å². The van der Waals surface area contributed by atoms with Crippen LogP contribution in [0.15, 0.2) is 36.8 Å². The van der Waals surface area contributed by atoms with Crippen molar-refractivity contribution in [2.24, 2.45) is 5.92 Å². The number of hydrogen-bond acceptors (Lipinski definition) is 9. The molecule has 1 fully saturated rings. The van der Waals surface area contributed by atoms with Crippen molar-refractivity contribution >= 4 is 40.3 Å². The van der Waals surface area contributed by atoms with Gasteiger partial charge >= 0.3 is 6.09 Å². The van der Waals surface area contributed by atoms with Crippen LogP contribution in [0.1, 0.15) is 64.2 Å². The number of nitriles is 1. The standard InChI is InChI=1S/C34H35ClF2N8O4/c1-19(2)10-24-22(12-38)30(20-6-7-25-26(11-20)48-17-29(46)44(25)16-28-39-13-21(35)14-40-28)23-15-41-45(31(23)42-24)27-8-9-43(18-34(27,36)37)32(47)49-33(3,4)5/h6-7,11,13-15,19,27H,8-10,16-18H2,1-5H3. The first kappa shape index (κ1) is 34.0. The summed E-state index contributed by atoms with van der Waals surface area (Å²) in [6, 6.07) is 6.07. The third kappa shape index (κ3) is 6.85. The molecule has 2 aliphatic heterocycles. The number of halogens is 3. The van der Waals surface area contributed by atoms with Crippen LogP contribution in [0, 0.1) is 17.2 Å². The van der Waals surface area contributed by atoms with E-state index in [2.05, 4.69) is 21.1 Å². The van der Waals surface area contributed by atoms with E-state index in [1.807, 2.05) is 13.8 Å². The number of aromatic nitrogens is 5. The van der Waals surface area contributed by atoms with Crippen LogP contribution in [0.3, 0.4) is 0 Å². The highest BCUT2D eigenvalue weighted by molar-refractivity contribution is 6.30. The number of fused-ring (bicyclic) bond motifs is 2. The van der Waals surface area contributed by atoms with Gasteiger partial charge in [-0.2, -0.15) is 10.4 Å². The second-order valence-corrected chi connectivity index (χ2v) is 14.0. The van der Waals surface area contributed by atoms with Gasteiger partial charge in [-0.15, -0.1) is 0 Å². The number of benzene rings is 1. The number of carbonyl (C=O) groups excluding carboxylic acids is 2. The number of nitrogens with zero attached hydrogens (tertiary/aromatic N) is 8. The Bertz CT molecular complexity index is 1970. The van der Waals surface area contributed by atoms with Gasteiger partial charge in [0.05, 0.1) is 41.3 Å². The fourth-order valence-electron chi connectivity index (χ4n) is 6.10. The average molecular weight is 693 g/mol. The van der Waals surface area contributed by atoms with E-state index in [1.165, 1.54) is 28.2 Å². The molecule has 1 unspecified atom stereocenters. The zero-order valence-corrected chi connectivity index (χ0v) is 28.5. The third-order valence-electron chi connectivity index (χ3n) is 8.20. The predicted octanol–water partition coefficient (Wildman–Crippen LogP) is 6.35. The van der Waals surface area contributed by atoms with Gasteiger partial charge in [-0.25, -0.2) is 33.2 Å². The normalized spacial score (nSPS) is 17.6. The van der Waals surface area contributed by atoms with Crippen molar-refractivity contribution in [3.05, 3.63) is 58.9 Å². The van der Waals surface area contributed by atoms with Crippen LogP contribution < -0.4 is 9.64 Å². The van der Waals surface area contributed by atoms with Gasteiger partial charge in [0.15, 0.2) is 12.3 Å². The van der Waals surface area contributed by atoms with Crippen molar-refractivity contribution in [3.8, 4) is 22.9 Å². The van der Waals surface area contributed by atoms with Crippen molar-refractivity contribution < 1.29 is 27.8 Å². The van der Waals surface area contributed by atoms with Gasteiger partial charge in [0.1, 0.15) is 29.3 Å². The van der Waals surface area contributed by atoms with Crippen LogP contribution in [0.4, 0.5) is 19.3 Å². The Hall–Kier alpha value is -4.90. The van der Waals surface area contributed by atoms with Crippen molar-refractivity contribution in [2.45, 2.75) is 71.6 Å². The molecule has 0 radical (unpaired) electrons. The summed E-state index contributed by atoms with van der Waals surface area (Å²) in [6.07, 6.45) is 3.87. The van der Waals surface area contributed by atoms with Crippen molar-refractivity contribution in [3.63, 3.8) is 0 Å². The zero-order chi connectivity index (χ0) is 35.2. The Morgan fingerprint density at radius 3 is 2.61 bits per heavy atom. The molecule has 4 aromatic rings. The number of likely N-dealkylation sites (tertiary alicyclic amines) is 1. The molecule has 0 spiro atoms. The Morgan fingerprint density at radius 1 is 1.22 bits per heavy atom. The van der Waals surface area contributed by atoms with Crippen molar-refractivity contribution in [1.82, 2.24) is 29.6 Å². The minimum absolute atomic E-state index is 0.0386. The molecule has 2 amide bonds. The number of anilines is 1. The van der Waals surface area contributed by atoms with Crippen LogP contribution in [0.5, 0.6) is 5.75 Å². The topological polar surface area (TPSA) is 139 Å². The summed E-state index contributed by atoms with van der Waals surface area (Å²) < 4.78 is 44.1. The lowest BCUT2D eigenvalue weighted by atomic mass is 9.93. The first-order chi connectivity index (χ1) is 23.1. The largest absolute Gasteiger partial charge is 0.482 e. The van der Waals surface area contributed by atoms with Gasteiger partial charge in [0.2, 0.25) is 0 Å². The second-order valence-electron chi connectivity index (χ2n) is 13.6. The van der Waals surface area contributed by atoms with Crippen LogP contribution in [0.2, 0.25) is 5.02 Å². The maximum absolute atomic E-state index is 15.9. The number of hydrogen-bond donors (Lipinski definition) is 0. The SMILES string of the molecule is CC(C)Cc1nc2c(cnn2C2CCN(C(=O)OC(C)(C)C)CC2(F)F)c(-c2ccc3c(c2)OCC(=O)N3Cc2ncc(Cl)cn2)c1C#N. The molecule has 12 nitrogen and oxygen atoms in total. The second kappa shape index (κ2) is 12.9. The van der Waals surface area contributed by atoms with Crippen LogP contribution >= 0.6 is 11.6 Å². The molecule has 1 saturated heterocycles. The highest BCUT2D eigenvalue weighted by Gasteiger charge is 2.49. The molecular formula is C34H35ClF2N8O4. The molecule has 256 valence electrons. The maximum atomic E-state index is 15.9. The molecule has 1 aromatic carbocycles. The molecule has 1 atom stereocenters. The van der Waals surface area contributed by atoms with E-state index in [9.17, 15) is 14.9 Å². The summed E-state index contributed by atoms with van der Waals surface area (Å²) in [7, 11) is 0. The summed E-state index contributed by atoms with van der Waals surface area (Å²) in [4.78, 5) is 41.2. The molecule has 2 aliphatic rings.